The van der Waals surface area contributed by atoms with Gasteiger partial charge in [-0.2, -0.15) is 0 Å². The SMILES string of the molecule is CCCC(C)(CC)CC(c1ccc(C(=O)OC(C)(C)C2CCCC2)cc1)C(C)(C)CC. The van der Waals surface area contributed by atoms with Crippen LogP contribution >= 0.6 is 0 Å². The topological polar surface area (TPSA) is 26.3 Å². The molecule has 0 saturated heterocycles. The Morgan fingerprint density at radius 3 is 2.03 bits per heavy atom. The summed E-state index contributed by atoms with van der Waals surface area (Å²) < 4.78 is 5.99. The maximum atomic E-state index is 12.9. The zero-order valence-electron chi connectivity index (χ0n) is 21.6. The molecule has 2 nitrogen and oxygen atoms in total. The van der Waals surface area contributed by atoms with E-state index in [1.807, 2.05) is 12.1 Å². The second kappa shape index (κ2) is 10.5. The zero-order chi connectivity index (χ0) is 23.3. The maximum Gasteiger partial charge on any atom is 0.338 e. The van der Waals surface area contributed by atoms with Crippen molar-refractivity contribution in [3.8, 4) is 0 Å². The maximum absolute atomic E-state index is 12.9. The van der Waals surface area contributed by atoms with E-state index in [4.69, 9.17) is 4.74 Å². The minimum atomic E-state index is -0.387. The quantitative estimate of drug-likeness (QED) is 0.329. The molecule has 2 heteroatoms. The fourth-order valence-corrected chi connectivity index (χ4v) is 5.46. The number of carbonyl (C=O) groups is 1. The van der Waals surface area contributed by atoms with Gasteiger partial charge < -0.3 is 4.74 Å². The van der Waals surface area contributed by atoms with Gasteiger partial charge in [0, 0.05) is 0 Å². The van der Waals surface area contributed by atoms with Gasteiger partial charge in [-0.1, -0.05) is 85.8 Å². The van der Waals surface area contributed by atoms with E-state index in [1.165, 1.54) is 56.9 Å². The number of carbonyl (C=O) groups excluding carboxylic acids is 1. The number of hydrogen-bond donors (Lipinski definition) is 0. The summed E-state index contributed by atoms with van der Waals surface area (Å²) in [5.41, 5.74) is 2.22. The molecule has 0 amide bonds. The van der Waals surface area contributed by atoms with Crippen LogP contribution < -0.4 is 0 Å². The predicted octanol–water partition coefficient (Wildman–Crippen LogP) is 8.94. The molecule has 0 spiro atoms. The normalized spacial score (nSPS) is 18.6. The lowest BCUT2D eigenvalue weighted by Gasteiger charge is -2.41. The Morgan fingerprint density at radius 2 is 1.55 bits per heavy atom. The number of esters is 1. The Kier molecular flexibility index (Phi) is 8.82. The fourth-order valence-electron chi connectivity index (χ4n) is 5.46. The first-order chi connectivity index (χ1) is 14.5. The second-order valence-electron chi connectivity index (χ2n) is 11.6. The number of benzene rings is 1. The van der Waals surface area contributed by atoms with E-state index in [-0.39, 0.29) is 17.0 Å². The Labute approximate surface area is 192 Å². The van der Waals surface area contributed by atoms with Gasteiger partial charge >= 0.3 is 5.97 Å². The van der Waals surface area contributed by atoms with E-state index in [0.29, 0.717) is 22.8 Å². The molecule has 1 aliphatic carbocycles. The van der Waals surface area contributed by atoms with Gasteiger partial charge in [0.25, 0.3) is 0 Å². The van der Waals surface area contributed by atoms with Crippen molar-refractivity contribution in [2.45, 2.75) is 125 Å². The Hall–Kier alpha value is -1.31. The molecule has 1 aromatic carbocycles. The molecule has 1 aromatic rings. The molecule has 0 heterocycles. The molecule has 0 aliphatic heterocycles. The van der Waals surface area contributed by atoms with Crippen molar-refractivity contribution in [1.29, 1.82) is 0 Å². The molecule has 0 N–H and O–H groups in total. The molecular weight excluding hydrogens is 380 g/mol. The molecule has 2 atom stereocenters. The minimum absolute atomic E-state index is 0.181. The molecule has 2 unspecified atom stereocenters. The summed E-state index contributed by atoms with van der Waals surface area (Å²) in [6.45, 7) is 18.3. The van der Waals surface area contributed by atoms with Crippen LogP contribution in [0.3, 0.4) is 0 Å². The van der Waals surface area contributed by atoms with E-state index in [9.17, 15) is 4.79 Å². The second-order valence-corrected chi connectivity index (χ2v) is 11.6. The highest BCUT2D eigenvalue weighted by Gasteiger charge is 2.37. The number of hydrogen-bond acceptors (Lipinski definition) is 2. The smallest absolute Gasteiger partial charge is 0.338 e. The molecular formula is C29H48O2. The molecule has 0 bridgehead atoms. The van der Waals surface area contributed by atoms with Crippen LogP contribution in [0.15, 0.2) is 24.3 Å². The average Bonchev–Trinajstić information content (AvgIpc) is 3.28. The standard InChI is InChI=1S/C29H48O2/c1-9-20-29(8,11-3)21-25(27(4,5)10-2)22-16-18-23(19-17-22)26(30)31-28(6,7)24-14-12-13-15-24/h16-19,24-25H,9-15,20-21H2,1-8H3. The third-order valence-corrected chi connectivity index (χ3v) is 8.50. The first-order valence-electron chi connectivity index (χ1n) is 12.8. The van der Waals surface area contributed by atoms with Crippen molar-refractivity contribution in [2.24, 2.45) is 16.7 Å². The predicted molar refractivity (Wildman–Crippen MR) is 133 cm³/mol. The van der Waals surface area contributed by atoms with E-state index < -0.39 is 0 Å². The van der Waals surface area contributed by atoms with Crippen molar-refractivity contribution in [2.75, 3.05) is 0 Å². The summed E-state index contributed by atoms with van der Waals surface area (Å²) in [6.07, 6.45) is 10.9. The van der Waals surface area contributed by atoms with Crippen LogP contribution in [0.25, 0.3) is 0 Å². The molecule has 2 rings (SSSR count). The van der Waals surface area contributed by atoms with Gasteiger partial charge in [-0.05, 0) is 79.9 Å². The van der Waals surface area contributed by atoms with Crippen molar-refractivity contribution >= 4 is 5.97 Å². The zero-order valence-corrected chi connectivity index (χ0v) is 21.6. The molecule has 1 saturated carbocycles. The Bertz CT molecular complexity index is 694. The van der Waals surface area contributed by atoms with Crippen LogP contribution in [0.2, 0.25) is 0 Å². The van der Waals surface area contributed by atoms with Gasteiger partial charge in [-0.15, -0.1) is 0 Å². The van der Waals surface area contributed by atoms with Crippen molar-refractivity contribution in [1.82, 2.24) is 0 Å². The van der Waals surface area contributed by atoms with E-state index in [2.05, 4.69) is 67.5 Å². The lowest BCUT2D eigenvalue weighted by atomic mass is 9.64. The molecule has 1 aliphatic rings. The van der Waals surface area contributed by atoms with E-state index in [1.54, 1.807) is 0 Å². The van der Waals surface area contributed by atoms with E-state index in [0.717, 1.165) is 6.42 Å². The van der Waals surface area contributed by atoms with Gasteiger partial charge in [0.05, 0.1) is 5.56 Å². The van der Waals surface area contributed by atoms with Crippen LogP contribution in [0.1, 0.15) is 135 Å². The third kappa shape index (κ3) is 6.59. The first-order valence-corrected chi connectivity index (χ1v) is 12.8. The van der Waals surface area contributed by atoms with E-state index >= 15 is 0 Å². The van der Waals surface area contributed by atoms with Gasteiger partial charge in [0.2, 0.25) is 0 Å². The highest BCUT2D eigenvalue weighted by molar-refractivity contribution is 5.89. The van der Waals surface area contributed by atoms with Crippen molar-refractivity contribution in [3.63, 3.8) is 0 Å². The van der Waals surface area contributed by atoms with Gasteiger partial charge in [-0.3, -0.25) is 0 Å². The molecule has 1 fully saturated rings. The Morgan fingerprint density at radius 1 is 0.968 bits per heavy atom. The largest absolute Gasteiger partial charge is 0.456 e. The van der Waals surface area contributed by atoms with Gasteiger partial charge in [-0.25, -0.2) is 4.79 Å². The molecule has 0 aromatic heterocycles. The molecule has 31 heavy (non-hydrogen) atoms. The van der Waals surface area contributed by atoms with Crippen LogP contribution in [0, 0.1) is 16.7 Å². The summed E-state index contributed by atoms with van der Waals surface area (Å²) in [7, 11) is 0. The van der Waals surface area contributed by atoms with Crippen LogP contribution in [0.4, 0.5) is 0 Å². The highest BCUT2D eigenvalue weighted by atomic mass is 16.6. The van der Waals surface area contributed by atoms with Gasteiger partial charge in [0.15, 0.2) is 0 Å². The van der Waals surface area contributed by atoms with Crippen molar-refractivity contribution in [3.05, 3.63) is 35.4 Å². The third-order valence-electron chi connectivity index (χ3n) is 8.50. The monoisotopic (exact) mass is 428 g/mol. The lowest BCUT2D eigenvalue weighted by Crippen LogP contribution is -2.35. The highest BCUT2D eigenvalue weighted by Crippen LogP contribution is 2.48. The van der Waals surface area contributed by atoms with Crippen molar-refractivity contribution < 1.29 is 9.53 Å². The number of rotatable bonds is 11. The molecule has 0 radical (unpaired) electrons. The Balaban J connectivity index is 2.21. The fraction of sp³-hybridized carbons (Fsp3) is 0.759. The lowest BCUT2D eigenvalue weighted by molar-refractivity contribution is -0.0285. The summed E-state index contributed by atoms with van der Waals surface area (Å²) in [4.78, 5) is 12.9. The minimum Gasteiger partial charge on any atom is -0.456 e. The average molecular weight is 429 g/mol. The van der Waals surface area contributed by atoms with Crippen LogP contribution in [-0.4, -0.2) is 11.6 Å². The van der Waals surface area contributed by atoms with Crippen LogP contribution in [0.5, 0.6) is 0 Å². The summed E-state index contributed by atoms with van der Waals surface area (Å²) in [5.74, 6) is 0.781. The first kappa shape index (κ1) is 25.9. The summed E-state index contributed by atoms with van der Waals surface area (Å²) in [5, 5.41) is 0. The number of ether oxygens (including phenoxy) is 1. The summed E-state index contributed by atoms with van der Waals surface area (Å²) in [6, 6.07) is 8.35. The van der Waals surface area contributed by atoms with Gasteiger partial charge in [0.1, 0.15) is 5.60 Å². The van der Waals surface area contributed by atoms with Crippen LogP contribution in [-0.2, 0) is 4.74 Å². The summed E-state index contributed by atoms with van der Waals surface area (Å²) >= 11 is 0. The molecule has 176 valence electrons.